The highest BCUT2D eigenvalue weighted by Gasteiger charge is 2.66. The summed E-state index contributed by atoms with van der Waals surface area (Å²) in [6.07, 6.45) is -1.87. The highest BCUT2D eigenvalue weighted by molar-refractivity contribution is 5.93. The molecule has 0 radical (unpaired) electrons. The second-order valence-electron chi connectivity index (χ2n) is 9.23. The van der Waals surface area contributed by atoms with Crippen LogP contribution in [0.2, 0.25) is 0 Å². The lowest BCUT2D eigenvalue weighted by atomic mass is 9.80. The average Bonchev–Trinajstić information content (AvgIpc) is 3.57. The van der Waals surface area contributed by atoms with E-state index >= 15 is 0 Å². The summed E-state index contributed by atoms with van der Waals surface area (Å²) < 4.78 is 33.2. The standard InChI is InChI=1S/C23H28O10/c1-10-14-16(31-21(27)23(5)11(2)32-23)15(29-12(3)24)13(20(26)28-6)8-7-9-22(4)18(33-22)17(14)30-19(10)25/h8,11,14-18H,1,7,9H2,2-6H3/t11?,14-,15+,16+,17+,18+,22-,23?/m1/s1. The van der Waals surface area contributed by atoms with E-state index < -0.39 is 65.4 Å². The predicted octanol–water partition coefficient (Wildman–Crippen LogP) is 1.16. The molecule has 33 heavy (non-hydrogen) atoms. The van der Waals surface area contributed by atoms with Gasteiger partial charge in [-0.25, -0.2) is 14.4 Å². The molecule has 10 nitrogen and oxygen atoms in total. The van der Waals surface area contributed by atoms with Crippen LogP contribution in [-0.4, -0.2) is 72.7 Å². The lowest BCUT2D eigenvalue weighted by Gasteiger charge is -2.34. The summed E-state index contributed by atoms with van der Waals surface area (Å²) in [5.74, 6) is -3.79. The number of ether oxygens (including phenoxy) is 6. The van der Waals surface area contributed by atoms with Crippen LogP contribution in [0.3, 0.4) is 0 Å². The lowest BCUT2D eigenvalue weighted by molar-refractivity contribution is -0.175. The Hall–Kier alpha value is -2.72. The minimum Gasteiger partial charge on any atom is -0.466 e. The summed E-state index contributed by atoms with van der Waals surface area (Å²) in [6, 6.07) is 0. The average molecular weight is 464 g/mol. The van der Waals surface area contributed by atoms with Crippen molar-refractivity contribution in [1.29, 1.82) is 0 Å². The van der Waals surface area contributed by atoms with Crippen LogP contribution in [0.15, 0.2) is 23.8 Å². The van der Waals surface area contributed by atoms with Gasteiger partial charge in [-0.15, -0.1) is 0 Å². The van der Waals surface area contributed by atoms with E-state index in [1.54, 1.807) is 19.9 Å². The van der Waals surface area contributed by atoms with E-state index in [0.29, 0.717) is 12.8 Å². The lowest BCUT2D eigenvalue weighted by Crippen LogP contribution is -2.49. The Morgan fingerprint density at radius 2 is 1.85 bits per heavy atom. The molecule has 3 aliphatic heterocycles. The largest absolute Gasteiger partial charge is 0.466 e. The van der Waals surface area contributed by atoms with Gasteiger partial charge in [0.15, 0.2) is 17.8 Å². The predicted molar refractivity (Wildman–Crippen MR) is 110 cm³/mol. The minimum atomic E-state index is -1.36. The summed E-state index contributed by atoms with van der Waals surface area (Å²) in [6.45, 7) is 10.2. The topological polar surface area (TPSA) is 130 Å². The molecule has 0 aromatic carbocycles. The van der Waals surface area contributed by atoms with Gasteiger partial charge in [0.25, 0.3) is 0 Å². The number of methoxy groups -OCH3 is 1. The van der Waals surface area contributed by atoms with Crippen molar-refractivity contribution in [3.05, 3.63) is 23.8 Å². The van der Waals surface area contributed by atoms with Gasteiger partial charge in [-0.2, -0.15) is 0 Å². The maximum absolute atomic E-state index is 13.1. The van der Waals surface area contributed by atoms with Crippen LogP contribution >= 0.6 is 0 Å². The maximum Gasteiger partial charge on any atom is 0.341 e. The molecule has 4 rings (SSSR count). The molecule has 180 valence electrons. The van der Waals surface area contributed by atoms with E-state index in [1.807, 2.05) is 6.92 Å². The third kappa shape index (κ3) is 3.95. The third-order valence-corrected chi connectivity index (χ3v) is 6.97. The summed E-state index contributed by atoms with van der Waals surface area (Å²) in [5, 5.41) is 0. The number of fused-ring (bicyclic) bond motifs is 3. The zero-order valence-corrected chi connectivity index (χ0v) is 19.2. The second kappa shape index (κ2) is 7.95. The van der Waals surface area contributed by atoms with Crippen LogP contribution < -0.4 is 0 Å². The number of esters is 4. The van der Waals surface area contributed by atoms with Crippen LogP contribution in [0.5, 0.6) is 0 Å². The molecule has 8 atom stereocenters. The van der Waals surface area contributed by atoms with Crippen LogP contribution in [0.1, 0.15) is 40.5 Å². The van der Waals surface area contributed by atoms with Crippen molar-refractivity contribution in [2.24, 2.45) is 5.92 Å². The van der Waals surface area contributed by atoms with Gasteiger partial charge in [-0.1, -0.05) is 12.7 Å². The molecule has 3 fully saturated rings. The Morgan fingerprint density at radius 1 is 1.18 bits per heavy atom. The Labute approximate surface area is 191 Å². The zero-order valence-electron chi connectivity index (χ0n) is 19.2. The molecule has 2 unspecified atom stereocenters. The molecule has 0 bridgehead atoms. The van der Waals surface area contributed by atoms with E-state index in [4.69, 9.17) is 28.4 Å². The van der Waals surface area contributed by atoms with Gasteiger partial charge in [0.1, 0.15) is 12.2 Å². The quantitative estimate of drug-likeness (QED) is 0.258. The van der Waals surface area contributed by atoms with Gasteiger partial charge >= 0.3 is 23.9 Å². The fourth-order valence-corrected chi connectivity index (χ4v) is 4.66. The zero-order chi connectivity index (χ0) is 24.3. The van der Waals surface area contributed by atoms with Crippen molar-refractivity contribution in [2.45, 2.75) is 82.3 Å². The van der Waals surface area contributed by atoms with E-state index in [9.17, 15) is 19.2 Å². The number of rotatable bonds is 4. The van der Waals surface area contributed by atoms with Crippen molar-refractivity contribution in [1.82, 2.24) is 0 Å². The van der Waals surface area contributed by atoms with Gasteiger partial charge in [0.2, 0.25) is 0 Å². The highest BCUT2D eigenvalue weighted by atomic mass is 16.7. The highest BCUT2D eigenvalue weighted by Crippen LogP contribution is 2.51. The van der Waals surface area contributed by atoms with E-state index in [-0.39, 0.29) is 17.3 Å². The first-order chi connectivity index (χ1) is 15.4. The van der Waals surface area contributed by atoms with E-state index in [2.05, 4.69) is 6.58 Å². The molecule has 0 amide bonds. The summed E-state index contributed by atoms with van der Waals surface area (Å²) in [4.78, 5) is 50.4. The molecule has 0 saturated carbocycles. The summed E-state index contributed by atoms with van der Waals surface area (Å²) in [5.41, 5.74) is -1.77. The molecule has 3 saturated heterocycles. The van der Waals surface area contributed by atoms with Crippen LogP contribution in [0.4, 0.5) is 0 Å². The maximum atomic E-state index is 13.1. The molecule has 0 aromatic heterocycles. The number of carbonyl (C=O) groups is 4. The number of carbonyl (C=O) groups excluding carboxylic acids is 4. The molecule has 1 aliphatic carbocycles. The van der Waals surface area contributed by atoms with Crippen LogP contribution in [-0.2, 0) is 47.6 Å². The smallest absolute Gasteiger partial charge is 0.341 e. The van der Waals surface area contributed by atoms with Gasteiger partial charge in [-0.3, -0.25) is 4.79 Å². The molecule has 10 heteroatoms. The Bertz CT molecular complexity index is 953. The van der Waals surface area contributed by atoms with E-state index in [0.717, 1.165) is 0 Å². The van der Waals surface area contributed by atoms with Crippen molar-refractivity contribution in [2.75, 3.05) is 7.11 Å². The Kier molecular flexibility index (Phi) is 5.65. The molecule has 0 spiro atoms. The van der Waals surface area contributed by atoms with Gasteiger partial charge in [0, 0.05) is 12.5 Å². The van der Waals surface area contributed by atoms with Crippen molar-refractivity contribution >= 4 is 23.9 Å². The summed E-state index contributed by atoms with van der Waals surface area (Å²) >= 11 is 0. The van der Waals surface area contributed by atoms with Crippen molar-refractivity contribution in [3.8, 4) is 0 Å². The molecule has 3 heterocycles. The van der Waals surface area contributed by atoms with E-state index in [1.165, 1.54) is 14.0 Å². The normalized spacial score (nSPS) is 41.5. The number of epoxide rings is 2. The fourth-order valence-electron chi connectivity index (χ4n) is 4.66. The molecular formula is C23H28O10. The van der Waals surface area contributed by atoms with Gasteiger partial charge in [-0.05, 0) is 33.6 Å². The van der Waals surface area contributed by atoms with Crippen LogP contribution in [0.25, 0.3) is 0 Å². The van der Waals surface area contributed by atoms with Crippen LogP contribution in [0, 0.1) is 5.92 Å². The monoisotopic (exact) mass is 464 g/mol. The SMILES string of the molecule is C=C1C(=O)O[C@H]2[C@H]1[C@H](OC(=O)C1(C)OC1C)[C@@H](OC(C)=O)C(C(=O)OC)=CCC[C@@]1(C)O[C@@H]21. The molecule has 0 aromatic rings. The molecule has 0 N–H and O–H groups in total. The third-order valence-electron chi connectivity index (χ3n) is 6.97. The van der Waals surface area contributed by atoms with Crippen molar-refractivity contribution in [3.63, 3.8) is 0 Å². The Morgan fingerprint density at radius 3 is 2.42 bits per heavy atom. The van der Waals surface area contributed by atoms with Gasteiger partial charge < -0.3 is 28.4 Å². The fraction of sp³-hybridized carbons (Fsp3) is 0.652. The number of hydrogen-bond acceptors (Lipinski definition) is 10. The summed E-state index contributed by atoms with van der Waals surface area (Å²) in [7, 11) is 1.19. The first-order valence-corrected chi connectivity index (χ1v) is 10.8. The first-order valence-electron chi connectivity index (χ1n) is 10.8. The number of hydrogen-bond donors (Lipinski definition) is 0. The first kappa shape index (κ1) is 23.4. The number of allylic oxidation sites excluding steroid dienone is 1. The Balaban J connectivity index is 1.82. The van der Waals surface area contributed by atoms with Gasteiger partial charge in [0.05, 0.1) is 30.3 Å². The minimum absolute atomic E-state index is 0.00554. The van der Waals surface area contributed by atoms with Crippen molar-refractivity contribution < 1.29 is 47.6 Å². The second-order valence-corrected chi connectivity index (χ2v) is 9.23. The molecule has 4 aliphatic rings. The molecular weight excluding hydrogens is 436 g/mol.